The van der Waals surface area contributed by atoms with Crippen LogP contribution >= 0.6 is 34.2 Å². The Bertz CT molecular complexity index is 723. The number of aromatic nitrogens is 1. The van der Waals surface area contributed by atoms with E-state index in [1.807, 2.05) is 30.3 Å². The van der Waals surface area contributed by atoms with E-state index in [4.69, 9.17) is 16.0 Å². The van der Waals surface area contributed by atoms with E-state index in [1.165, 1.54) is 0 Å². The molecule has 0 aliphatic heterocycles. The molecule has 3 aromatic rings. The van der Waals surface area contributed by atoms with Gasteiger partial charge in [-0.3, -0.25) is 0 Å². The Morgan fingerprint density at radius 3 is 2.85 bits per heavy atom. The molecule has 0 fully saturated rings. The topological polar surface area (TPSA) is 46.3 Å². The number of hydrogen-bond donors (Lipinski definition) is 1. The molecule has 0 aliphatic rings. The zero-order valence-corrected chi connectivity index (χ0v) is 13.3. The quantitative estimate of drug-likeness (QED) is 0.666. The first-order valence-corrected chi connectivity index (χ1v) is 7.56. The number of aliphatic hydroxyl groups is 1. The lowest BCUT2D eigenvalue weighted by Gasteiger charge is -2.11. The summed E-state index contributed by atoms with van der Waals surface area (Å²) in [5.41, 5.74) is 2.33. The van der Waals surface area contributed by atoms with Gasteiger partial charge in [0, 0.05) is 8.59 Å². The van der Waals surface area contributed by atoms with E-state index in [1.54, 1.807) is 12.1 Å². The standard InChI is InChI=1S/C15H11ClINO2/c16-9-5-6-11(17)10(7-9)13(19)8-15-18-12-3-1-2-4-14(12)20-15/h1-7,13,19H,8H2. The molecular formula is C15H11ClINO2. The Hall–Kier alpha value is -1.11. The summed E-state index contributed by atoms with van der Waals surface area (Å²) in [5, 5.41) is 10.9. The van der Waals surface area contributed by atoms with Crippen LogP contribution in [0.3, 0.4) is 0 Å². The Balaban J connectivity index is 1.88. The summed E-state index contributed by atoms with van der Waals surface area (Å²) in [6.07, 6.45) is -0.362. The van der Waals surface area contributed by atoms with Crippen LogP contribution in [0.15, 0.2) is 46.9 Å². The minimum atomic E-state index is -0.686. The normalized spacial score (nSPS) is 12.8. The number of benzene rings is 2. The van der Waals surface area contributed by atoms with Gasteiger partial charge in [0.25, 0.3) is 0 Å². The monoisotopic (exact) mass is 399 g/mol. The van der Waals surface area contributed by atoms with Crippen LogP contribution in [-0.2, 0) is 6.42 Å². The SMILES string of the molecule is OC(Cc1nc2ccccc2o1)c1cc(Cl)ccc1I. The zero-order valence-electron chi connectivity index (χ0n) is 10.4. The number of fused-ring (bicyclic) bond motifs is 1. The Kier molecular flexibility index (Phi) is 3.96. The molecular weight excluding hydrogens is 389 g/mol. The number of halogens is 2. The second-order valence-corrected chi connectivity index (χ2v) is 6.06. The zero-order chi connectivity index (χ0) is 14.1. The van der Waals surface area contributed by atoms with Crippen molar-refractivity contribution < 1.29 is 9.52 Å². The van der Waals surface area contributed by atoms with E-state index in [-0.39, 0.29) is 0 Å². The smallest absolute Gasteiger partial charge is 0.198 e. The number of rotatable bonds is 3. The van der Waals surface area contributed by atoms with E-state index >= 15 is 0 Å². The molecule has 5 heteroatoms. The van der Waals surface area contributed by atoms with Gasteiger partial charge in [0.1, 0.15) is 5.52 Å². The molecule has 0 bridgehead atoms. The first-order valence-electron chi connectivity index (χ1n) is 6.11. The van der Waals surface area contributed by atoms with Gasteiger partial charge in [-0.2, -0.15) is 0 Å². The van der Waals surface area contributed by atoms with Crippen LogP contribution in [0.2, 0.25) is 5.02 Å². The number of hydrogen-bond acceptors (Lipinski definition) is 3. The largest absolute Gasteiger partial charge is 0.441 e. The summed E-state index contributed by atoms with van der Waals surface area (Å²) >= 11 is 8.15. The lowest BCUT2D eigenvalue weighted by molar-refractivity contribution is 0.168. The van der Waals surface area contributed by atoms with Crippen LogP contribution in [0.25, 0.3) is 11.1 Å². The molecule has 0 amide bonds. The lowest BCUT2D eigenvalue weighted by Crippen LogP contribution is -2.04. The minimum absolute atomic E-state index is 0.324. The summed E-state index contributed by atoms with van der Waals surface area (Å²) in [6, 6.07) is 13.0. The van der Waals surface area contributed by atoms with Crippen LogP contribution in [0.4, 0.5) is 0 Å². The van der Waals surface area contributed by atoms with Gasteiger partial charge in [-0.1, -0.05) is 23.7 Å². The van der Waals surface area contributed by atoms with Crippen LogP contribution in [0.5, 0.6) is 0 Å². The fourth-order valence-electron chi connectivity index (χ4n) is 2.05. The third kappa shape index (κ3) is 2.82. The van der Waals surface area contributed by atoms with Gasteiger partial charge >= 0.3 is 0 Å². The first kappa shape index (κ1) is 13.9. The van der Waals surface area contributed by atoms with Crippen molar-refractivity contribution >= 4 is 45.3 Å². The summed E-state index contributed by atoms with van der Waals surface area (Å²) < 4.78 is 6.59. The van der Waals surface area contributed by atoms with E-state index in [2.05, 4.69) is 27.6 Å². The molecule has 1 unspecified atom stereocenters. The van der Waals surface area contributed by atoms with E-state index in [0.29, 0.717) is 17.3 Å². The molecule has 3 nitrogen and oxygen atoms in total. The summed E-state index contributed by atoms with van der Waals surface area (Å²) in [4.78, 5) is 4.37. The van der Waals surface area contributed by atoms with Gasteiger partial charge in [0.15, 0.2) is 11.5 Å². The minimum Gasteiger partial charge on any atom is -0.441 e. The number of oxazole rings is 1. The lowest BCUT2D eigenvalue weighted by atomic mass is 10.1. The fourth-order valence-corrected chi connectivity index (χ4v) is 2.93. The van der Waals surface area contributed by atoms with Crippen molar-refractivity contribution in [2.45, 2.75) is 12.5 Å². The third-order valence-corrected chi connectivity index (χ3v) is 4.24. The highest BCUT2D eigenvalue weighted by molar-refractivity contribution is 14.1. The maximum atomic E-state index is 10.3. The van der Waals surface area contributed by atoms with Crippen molar-refractivity contribution in [1.29, 1.82) is 0 Å². The Morgan fingerprint density at radius 2 is 2.05 bits per heavy atom. The van der Waals surface area contributed by atoms with Gasteiger partial charge in [0.2, 0.25) is 0 Å². The Morgan fingerprint density at radius 1 is 1.25 bits per heavy atom. The van der Waals surface area contributed by atoms with E-state index in [9.17, 15) is 5.11 Å². The molecule has 0 saturated carbocycles. The van der Waals surface area contributed by atoms with Crippen LogP contribution in [0, 0.1) is 3.57 Å². The average molecular weight is 400 g/mol. The molecule has 0 radical (unpaired) electrons. The van der Waals surface area contributed by atoms with Crippen molar-refractivity contribution in [3.05, 3.63) is 62.5 Å². The third-order valence-electron chi connectivity index (χ3n) is 3.02. The second-order valence-electron chi connectivity index (χ2n) is 4.46. The molecule has 0 saturated heterocycles. The molecule has 2 aromatic carbocycles. The van der Waals surface area contributed by atoms with Crippen molar-refractivity contribution in [2.75, 3.05) is 0 Å². The highest BCUT2D eigenvalue weighted by Crippen LogP contribution is 2.27. The van der Waals surface area contributed by atoms with Crippen LogP contribution in [0.1, 0.15) is 17.6 Å². The highest BCUT2D eigenvalue weighted by Gasteiger charge is 2.16. The molecule has 3 rings (SSSR count). The molecule has 1 heterocycles. The number of aliphatic hydroxyl groups excluding tert-OH is 1. The van der Waals surface area contributed by atoms with Gasteiger partial charge in [0.05, 0.1) is 12.5 Å². The second kappa shape index (κ2) is 5.71. The van der Waals surface area contributed by atoms with E-state index < -0.39 is 6.10 Å². The summed E-state index contributed by atoms with van der Waals surface area (Å²) in [5.74, 6) is 0.523. The maximum absolute atomic E-state index is 10.3. The van der Waals surface area contributed by atoms with E-state index in [0.717, 1.165) is 20.2 Å². The molecule has 0 aliphatic carbocycles. The summed E-state index contributed by atoms with van der Waals surface area (Å²) in [6.45, 7) is 0. The Labute approximate surface area is 134 Å². The first-order chi connectivity index (χ1) is 9.63. The molecule has 1 aromatic heterocycles. The number of nitrogens with zero attached hydrogens (tertiary/aromatic N) is 1. The predicted molar refractivity (Wildman–Crippen MR) is 86.8 cm³/mol. The predicted octanol–water partition coefficient (Wildman–Crippen LogP) is 4.36. The number of para-hydroxylation sites is 2. The summed E-state index contributed by atoms with van der Waals surface area (Å²) in [7, 11) is 0. The molecule has 102 valence electrons. The maximum Gasteiger partial charge on any atom is 0.198 e. The van der Waals surface area contributed by atoms with Crippen LogP contribution < -0.4 is 0 Å². The van der Waals surface area contributed by atoms with Crippen molar-refractivity contribution in [1.82, 2.24) is 4.98 Å². The highest BCUT2D eigenvalue weighted by atomic mass is 127. The molecule has 1 N–H and O–H groups in total. The van der Waals surface area contributed by atoms with Gasteiger partial charge in [-0.15, -0.1) is 0 Å². The van der Waals surface area contributed by atoms with Gasteiger partial charge in [-0.05, 0) is 58.5 Å². The molecule has 0 spiro atoms. The van der Waals surface area contributed by atoms with Gasteiger partial charge in [-0.25, -0.2) is 4.98 Å². The van der Waals surface area contributed by atoms with Crippen molar-refractivity contribution in [3.63, 3.8) is 0 Å². The fraction of sp³-hybridized carbons (Fsp3) is 0.133. The van der Waals surface area contributed by atoms with Crippen molar-refractivity contribution in [3.8, 4) is 0 Å². The molecule has 1 atom stereocenters. The van der Waals surface area contributed by atoms with Crippen molar-refractivity contribution in [2.24, 2.45) is 0 Å². The average Bonchev–Trinajstić information content (AvgIpc) is 2.83. The van der Waals surface area contributed by atoms with Gasteiger partial charge < -0.3 is 9.52 Å². The van der Waals surface area contributed by atoms with Crippen LogP contribution in [-0.4, -0.2) is 10.1 Å². The molecule has 20 heavy (non-hydrogen) atoms.